The SMILES string of the molecule is COc1cccc(CN2CCC3(CC2)OC(c2cc(Cl)cc(Cl)c2)c2cccnc23)c1. The van der Waals surface area contributed by atoms with Crippen LogP contribution in [0.15, 0.2) is 60.8 Å². The summed E-state index contributed by atoms with van der Waals surface area (Å²) >= 11 is 12.6. The van der Waals surface area contributed by atoms with Gasteiger partial charge in [0.2, 0.25) is 0 Å². The molecule has 1 unspecified atom stereocenters. The smallest absolute Gasteiger partial charge is 0.119 e. The van der Waals surface area contributed by atoms with Crippen molar-refractivity contribution in [1.82, 2.24) is 9.88 Å². The van der Waals surface area contributed by atoms with E-state index in [9.17, 15) is 0 Å². The van der Waals surface area contributed by atoms with Gasteiger partial charge in [0.15, 0.2) is 0 Å². The van der Waals surface area contributed by atoms with Crippen LogP contribution in [0, 0.1) is 0 Å². The molecule has 0 bridgehead atoms. The highest BCUT2D eigenvalue weighted by Crippen LogP contribution is 2.51. The molecule has 3 heterocycles. The summed E-state index contributed by atoms with van der Waals surface area (Å²) in [7, 11) is 1.70. The van der Waals surface area contributed by atoms with Crippen LogP contribution >= 0.6 is 23.2 Å². The Bertz CT molecular complexity index is 1080. The number of likely N-dealkylation sites (tertiary alicyclic amines) is 1. The molecule has 2 aliphatic heterocycles. The number of rotatable bonds is 4. The summed E-state index contributed by atoms with van der Waals surface area (Å²) in [5, 5.41) is 1.23. The molecule has 6 heteroatoms. The molecule has 160 valence electrons. The van der Waals surface area contributed by atoms with Gasteiger partial charge in [0, 0.05) is 41.4 Å². The van der Waals surface area contributed by atoms with Gasteiger partial charge < -0.3 is 9.47 Å². The van der Waals surface area contributed by atoms with Crippen LogP contribution in [0.4, 0.5) is 0 Å². The first-order chi connectivity index (χ1) is 15.1. The molecule has 0 aliphatic carbocycles. The Morgan fingerprint density at radius 1 is 1.06 bits per heavy atom. The first-order valence-electron chi connectivity index (χ1n) is 10.5. The number of halogens is 2. The Kier molecular flexibility index (Phi) is 5.65. The maximum Gasteiger partial charge on any atom is 0.119 e. The highest BCUT2D eigenvalue weighted by Gasteiger charge is 2.48. The van der Waals surface area contributed by atoms with Crippen LogP contribution in [0.2, 0.25) is 10.0 Å². The standard InChI is InChI=1S/C25H24Cl2N2O2/c1-30-21-5-2-4-17(12-21)16-29-10-7-25(8-11-29)24-22(6-3-9-28-24)23(31-25)18-13-19(26)15-20(27)14-18/h2-6,9,12-15,23H,7-8,10-11,16H2,1H3. The summed E-state index contributed by atoms with van der Waals surface area (Å²) in [6, 6.07) is 18.0. The summed E-state index contributed by atoms with van der Waals surface area (Å²) in [6.45, 7) is 2.78. The average Bonchev–Trinajstić information content (AvgIpc) is 3.09. The quantitative estimate of drug-likeness (QED) is 0.483. The first-order valence-corrected chi connectivity index (χ1v) is 11.3. The van der Waals surface area contributed by atoms with E-state index in [0.29, 0.717) is 10.0 Å². The third-order valence-corrected chi connectivity index (χ3v) is 6.72. The van der Waals surface area contributed by atoms with E-state index in [1.807, 2.05) is 36.5 Å². The molecule has 4 nitrogen and oxygen atoms in total. The van der Waals surface area contributed by atoms with Crippen LogP contribution in [0.1, 0.15) is 41.3 Å². The molecule has 0 N–H and O–H groups in total. The summed E-state index contributed by atoms with van der Waals surface area (Å²) in [6.07, 6.45) is 3.45. The highest BCUT2D eigenvalue weighted by atomic mass is 35.5. The molecular weight excluding hydrogens is 431 g/mol. The summed E-state index contributed by atoms with van der Waals surface area (Å²) in [4.78, 5) is 7.23. The molecule has 1 spiro atoms. The predicted molar refractivity (Wildman–Crippen MR) is 123 cm³/mol. The number of benzene rings is 2. The fourth-order valence-corrected chi connectivity index (χ4v) is 5.33. The summed E-state index contributed by atoms with van der Waals surface area (Å²) in [5.41, 5.74) is 4.02. The van der Waals surface area contributed by atoms with Gasteiger partial charge in [-0.2, -0.15) is 0 Å². The van der Waals surface area contributed by atoms with Gasteiger partial charge in [-0.3, -0.25) is 9.88 Å². The van der Waals surface area contributed by atoms with Gasteiger partial charge >= 0.3 is 0 Å². The molecule has 1 atom stereocenters. The van der Waals surface area contributed by atoms with E-state index in [1.165, 1.54) is 5.56 Å². The van der Waals surface area contributed by atoms with Crippen molar-refractivity contribution in [3.05, 3.63) is 93.2 Å². The van der Waals surface area contributed by atoms with Crippen molar-refractivity contribution in [3.63, 3.8) is 0 Å². The lowest BCUT2D eigenvalue weighted by Gasteiger charge is -2.39. The van der Waals surface area contributed by atoms with Crippen molar-refractivity contribution in [2.75, 3.05) is 20.2 Å². The maximum atomic E-state index is 6.76. The molecule has 5 rings (SSSR count). The molecule has 31 heavy (non-hydrogen) atoms. The number of hydrogen-bond donors (Lipinski definition) is 0. The maximum absolute atomic E-state index is 6.76. The van der Waals surface area contributed by atoms with Crippen molar-refractivity contribution < 1.29 is 9.47 Å². The lowest BCUT2D eigenvalue weighted by molar-refractivity contribution is -0.0996. The number of aromatic nitrogens is 1. The lowest BCUT2D eigenvalue weighted by atomic mass is 9.86. The number of pyridine rings is 1. The molecule has 2 aromatic carbocycles. The number of nitrogens with zero attached hydrogens (tertiary/aromatic N) is 2. The fraction of sp³-hybridized carbons (Fsp3) is 0.320. The van der Waals surface area contributed by atoms with E-state index >= 15 is 0 Å². The third kappa shape index (κ3) is 4.06. The lowest BCUT2D eigenvalue weighted by Crippen LogP contribution is -2.42. The molecular formula is C25H24Cl2N2O2. The number of hydrogen-bond acceptors (Lipinski definition) is 4. The molecule has 0 radical (unpaired) electrons. The van der Waals surface area contributed by atoms with Crippen molar-refractivity contribution in [1.29, 1.82) is 0 Å². The zero-order valence-corrected chi connectivity index (χ0v) is 18.9. The van der Waals surface area contributed by atoms with Gasteiger partial charge in [-0.15, -0.1) is 0 Å². The van der Waals surface area contributed by atoms with E-state index < -0.39 is 0 Å². The second-order valence-electron chi connectivity index (χ2n) is 8.26. The van der Waals surface area contributed by atoms with E-state index in [0.717, 1.165) is 55.0 Å². The first kappa shape index (κ1) is 20.8. The van der Waals surface area contributed by atoms with Gasteiger partial charge in [-0.1, -0.05) is 41.4 Å². The second-order valence-corrected chi connectivity index (χ2v) is 9.14. The van der Waals surface area contributed by atoms with Crippen molar-refractivity contribution >= 4 is 23.2 Å². The number of fused-ring (bicyclic) bond motifs is 2. The number of methoxy groups -OCH3 is 1. The van der Waals surface area contributed by atoms with Crippen LogP contribution in [0.3, 0.4) is 0 Å². The van der Waals surface area contributed by atoms with Crippen LogP contribution in [0.5, 0.6) is 5.75 Å². The van der Waals surface area contributed by atoms with Crippen molar-refractivity contribution in [2.24, 2.45) is 0 Å². The Hall–Kier alpha value is -2.11. The van der Waals surface area contributed by atoms with Crippen molar-refractivity contribution in [2.45, 2.75) is 31.1 Å². The number of piperidine rings is 1. The topological polar surface area (TPSA) is 34.6 Å². The van der Waals surface area contributed by atoms with E-state index in [-0.39, 0.29) is 11.7 Å². The fourth-order valence-electron chi connectivity index (χ4n) is 4.79. The summed E-state index contributed by atoms with van der Waals surface area (Å²) in [5.74, 6) is 0.895. The Morgan fingerprint density at radius 2 is 1.84 bits per heavy atom. The summed E-state index contributed by atoms with van der Waals surface area (Å²) < 4.78 is 12.1. The van der Waals surface area contributed by atoms with Gasteiger partial charge in [-0.25, -0.2) is 0 Å². The Balaban J connectivity index is 1.37. The minimum Gasteiger partial charge on any atom is -0.497 e. The zero-order valence-electron chi connectivity index (χ0n) is 17.4. The second kappa shape index (κ2) is 8.44. The van der Waals surface area contributed by atoms with E-state index in [2.05, 4.69) is 23.1 Å². The van der Waals surface area contributed by atoms with Crippen LogP contribution in [-0.4, -0.2) is 30.1 Å². The van der Waals surface area contributed by atoms with Crippen LogP contribution in [0.25, 0.3) is 0 Å². The normalized spacial score (nSPS) is 20.0. The van der Waals surface area contributed by atoms with Gasteiger partial charge in [-0.05, 0) is 60.4 Å². The average molecular weight is 455 g/mol. The molecule has 1 fully saturated rings. The van der Waals surface area contributed by atoms with Crippen LogP contribution < -0.4 is 4.74 Å². The molecule has 1 saturated heterocycles. The third-order valence-electron chi connectivity index (χ3n) is 6.29. The Morgan fingerprint density at radius 3 is 2.58 bits per heavy atom. The monoisotopic (exact) mass is 454 g/mol. The molecule has 3 aromatic rings. The Labute approximate surface area is 192 Å². The zero-order chi connectivity index (χ0) is 21.4. The molecule has 2 aliphatic rings. The number of ether oxygens (including phenoxy) is 2. The minimum atomic E-state index is -0.374. The molecule has 0 amide bonds. The molecule has 1 aromatic heterocycles. The minimum absolute atomic E-state index is 0.204. The van der Waals surface area contributed by atoms with E-state index in [1.54, 1.807) is 13.2 Å². The predicted octanol–water partition coefficient (Wildman–Crippen LogP) is 6.01. The van der Waals surface area contributed by atoms with Crippen LogP contribution in [-0.2, 0) is 16.9 Å². The van der Waals surface area contributed by atoms with Gasteiger partial charge in [0.05, 0.1) is 12.8 Å². The molecule has 0 saturated carbocycles. The van der Waals surface area contributed by atoms with Gasteiger partial charge in [0.25, 0.3) is 0 Å². The van der Waals surface area contributed by atoms with Gasteiger partial charge in [0.1, 0.15) is 17.5 Å². The largest absolute Gasteiger partial charge is 0.497 e. The van der Waals surface area contributed by atoms with E-state index in [4.69, 9.17) is 37.7 Å². The highest BCUT2D eigenvalue weighted by molar-refractivity contribution is 6.34. The van der Waals surface area contributed by atoms with Crippen molar-refractivity contribution in [3.8, 4) is 5.75 Å².